The van der Waals surface area contributed by atoms with E-state index in [4.69, 9.17) is 16.9 Å². The summed E-state index contributed by atoms with van der Waals surface area (Å²) in [5.41, 5.74) is 1.46. The summed E-state index contributed by atoms with van der Waals surface area (Å²) in [5.74, 6) is 0.0286. The normalized spacial score (nSPS) is 20.4. The van der Waals surface area contributed by atoms with Gasteiger partial charge in [0.1, 0.15) is 5.54 Å². The number of nitriles is 1. The highest BCUT2D eigenvalue weighted by molar-refractivity contribution is 6.32. The zero-order valence-corrected chi connectivity index (χ0v) is 11.7. The molecule has 0 N–H and O–H groups in total. The lowest BCUT2D eigenvalue weighted by Crippen LogP contribution is -2.39. The Morgan fingerprint density at radius 1 is 1.55 bits per heavy atom. The fraction of sp³-hybridized carbons (Fsp3) is 0.267. The Labute approximate surface area is 121 Å². The largest absolute Gasteiger partial charge is 0.317 e. The quantitative estimate of drug-likeness (QED) is 0.852. The van der Waals surface area contributed by atoms with Crippen molar-refractivity contribution in [3.63, 3.8) is 0 Å². The molecule has 1 aromatic heterocycles. The second-order valence-corrected chi connectivity index (χ2v) is 5.39. The number of hydrogen-bond acceptors (Lipinski definition) is 3. The third-order valence-corrected chi connectivity index (χ3v) is 4.31. The molecule has 100 valence electrons. The highest BCUT2D eigenvalue weighted by Crippen LogP contribution is 2.42. The van der Waals surface area contributed by atoms with Crippen LogP contribution in [-0.4, -0.2) is 15.3 Å². The van der Waals surface area contributed by atoms with Crippen LogP contribution in [0.4, 0.5) is 0 Å². The highest BCUT2D eigenvalue weighted by Gasteiger charge is 2.45. The van der Waals surface area contributed by atoms with Crippen molar-refractivity contribution in [2.75, 3.05) is 0 Å². The van der Waals surface area contributed by atoms with Gasteiger partial charge < -0.3 is 4.57 Å². The van der Waals surface area contributed by atoms with Gasteiger partial charge >= 0.3 is 0 Å². The number of hydrogen-bond donors (Lipinski definition) is 0. The van der Waals surface area contributed by atoms with Gasteiger partial charge in [-0.2, -0.15) is 5.26 Å². The summed E-state index contributed by atoms with van der Waals surface area (Å²) in [5, 5.41) is 9.37. The fourth-order valence-corrected chi connectivity index (χ4v) is 3.34. The zero-order valence-electron chi connectivity index (χ0n) is 10.9. The molecule has 0 spiro atoms. The minimum atomic E-state index is -0.795. The number of fused-ring (bicyclic) bond motifs is 1. The number of carbonyl (C=O) groups is 1. The maximum Gasteiger partial charge on any atom is 0.160 e. The summed E-state index contributed by atoms with van der Waals surface area (Å²) in [6, 6.07) is 7.13. The molecular weight excluding hydrogens is 274 g/mol. The van der Waals surface area contributed by atoms with Crippen molar-refractivity contribution >= 4 is 17.4 Å². The molecule has 1 aliphatic heterocycles. The molecule has 0 amide bonds. The maximum atomic E-state index is 12.4. The van der Waals surface area contributed by atoms with E-state index in [2.05, 4.69) is 11.1 Å². The van der Waals surface area contributed by atoms with Crippen LogP contribution in [0.2, 0.25) is 5.02 Å². The molecule has 0 bridgehead atoms. The van der Waals surface area contributed by atoms with Gasteiger partial charge in [0.25, 0.3) is 0 Å². The van der Waals surface area contributed by atoms with Gasteiger partial charge in [-0.3, -0.25) is 4.79 Å². The van der Waals surface area contributed by atoms with E-state index in [0.29, 0.717) is 17.0 Å². The lowest BCUT2D eigenvalue weighted by atomic mass is 9.83. The molecule has 1 aromatic carbocycles. The molecule has 1 unspecified atom stereocenters. The smallest absolute Gasteiger partial charge is 0.160 e. The molecule has 3 rings (SSSR count). The van der Waals surface area contributed by atoms with Gasteiger partial charge in [0.05, 0.1) is 18.0 Å². The number of carbonyl (C=O) groups excluding carboxylic acids is 1. The monoisotopic (exact) mass is 285 g/mol. The van der Waals surface area contributed by atoms with Crippen molar-refractivity contribution < 1.29 is 4.79 Å². The minimum absolute atomic E-state index is 0.0286. The molecule has 0 saturated carbocycles. The van der Waals surface area contributed by atoms with Gasteiger partial charge in [-0.25, -0.2) is 4.98 Å². The molecule has 0 fully saturated rings. The van der Waals surface area contributed by atoms with E-state index in [1.807, 2.05) is 4.57 Å². The average Bonchev–Trinajstić information content (AvgIpc) is 3.00. The van der Waals surface area contributed by atoms with Crippen molar-refractivity contribution in [1.29, 1.82) is 5.26 Å². The number of ketones is 1. The van der Waals surface area contributed by atoms with Crippen molar-refractivity contribution in [1.82, 2.24) is 9.55 Å². The number of rotatable bonds is 2. The Morgan fingerprint density at radius 3 is 3.00 bits per heavy atom. The highest BCUT2D eigenvalue weighted by atomic mass is 35.5. The summed E-state index contributed by atoms with van der Waals surface area (Å²) in [6.07, 6.45) is 4.92. The van der Waals surface area contributed by atoms with E-state index in [1.165, 1.54) is 0 Å². The first kappa shape index (κ1) is 12.9. The molecule has 0 saturated heterocycles. The van der Waals surface area contributed by atoms with E-state index >= 15 is 0 Å². The van der Waals surface area contributed by atoms with E-state index in [9.17, 15) is 4.79 Å². The lowest BCUT2D eigenvalue weighted by Gasteiger charge is -2.30. The third-order valence-electron chi connectivity index (χ3n) is 4.00. The van der Waals surface area contributed by atoms with Crippen LogP contribution < -0.4 is 0 Å². The Bertz CT molecular complexity index is 744. The zero-order chi connectivity index (χ0) is 14.3. The summed E-state index contributed by atoms with van der Waals surface area (Å²) in [6.45, 7) is 1.57. The topological polar surface area (TPSA) is 58.7 Å². The molecule has 0 radical (unpaired) electrons. The molecule has 1 atom stereocenters. The predicted molar refractivity (Wildman–Crippen MR) is 74.5 cm³/mol. The Kier molecular flexibility index (Phi) is 2.88. The van der Waals surface area contributed by atoms with Crippen LogP contribution in [0, 0.1) is 11.3 Å². The van der Waals surface area contributed by atoms with Crippen molar-refractivity contribution in [3.8, 4) is 6.07 Å². The molecule has 0 aliphatic carbocycles. The predicted octanol–water partition coefficient (Wildman–Crippen LogP) is 2.69. The van der Waals surface area contributed by atoms with E-state index in [0.717, 1.165) is 17.7 Å². The first-order valence-corrected chi connectivity index (χ1v) is 6.70. The summed E-state index contributed by atoms with van der Waals surface area (Å²) >= 11 is 6.32. The second-order valence-electron chi connectivity index (χ2n) is 4.98. The van der Waals surface area contributed by atoms with Crippen LogP contribution >= 0.6 is 11.6 Å². The number of aryl methyl sites for hydroxylation is 1. The van der Waals surface area contributed by atoms with Crippen LogP contribution in [0.5, 0.6) is 0 Å². The van der Waals surface area contributed by atoms with Crippen molar-refractivity contribution in [2.45, 2.75) is 25.3 Å². The van der Waals surface area contributed by atoms with Crippen molar-refractivity contribution in [3.05, 3.63) is 52.6 Å². The van der Waals surface area contributed by atoms with E-state index < -0.39 is 5.54 Å². The molecule has 2 heterocycles. The lowest BCUT2D eigenvalue weighted by molar-refractivity contribution is -0.123. The van der Waals surface area contributed by atoms with Gasteiger partial charge in [-0.1, -0.05) is 17.7 Å². The maximum absolute atomic E-state index is 12.4. The van der Waals surface area contributed by atoms with Crippen LogP contribution in [-0.2, 0) is 16.8 Å². The van der Waals surface area contributed by atoms with Gasteiger partial charge in [-0.05, 0) is 31.9 Å². The van der Waals surface area contributed by atoms with Crippen molar-refractivity contribution in [2.24, 2.45) is 0 Å². The minimum Gasteiger partial charge on any atom is -0.317 e. The van der Waals surface area contributed by atoms with Crippen LogP contribution in [0.15, 0.2) is 30.7 Å². The van der Waals surface area contributed by atoms with Crippen LogP contribution in [0.25, 0.3) is 0 Å². The molecule has 1 aliphatic rings. The SMILES string of the molecule is CC(=O)C1(c2ccc(C#N)cc2Cl)CCc2cncn21. The standard InChI is InChI=1S/C15H12ClN3O/c1-10(20)15(5-4-12-8-18-9-19(12)15)13-3-2-11(7-17)6-14(13)16/h2-3,6,8-9H,4-5H2,1H3. The Balaban J connectivity index is 2.25. The molecular formula is C15H12ClN3O. The summed E-state index contributed by atoms with van der Waals surface area (Å²) in [7, 11) is 0. The van der Waals surface area contributed by atoms with Gasteiger partial charge in [0.15, 0.2) is 5.78 Å². The average molecular weight is 286 g/mol. The van der Waals surface area contributed by atoms with Crippen LogP contribution in [0.1, 0.15) is 30.2 Å². The summed E-state index contributed by atoms with van der Waals surface area (Å²) < 4.78 is 1.91. The number of imidazole rings is 1. The molecule has 5 heteroatoms. The van der Waals surface area contributed by atoms with E-state index in [-0.39, 0.29) is 5.78 Å². The third kappa shape index (κ3) is 1.60. The van der Waals surface area contributed by atoms with E-state index in [1.54, 1.807) is 37.6 Å². The summed E-state index contributed by atoms with van der Waals surface area (Å²) in [4.78, 5) is 16.5. The van der Waals surface area contributed by atoms with Gasteiger partial charge in [0.2, 0.25) is 0 Å². The molecule has 20 heavy (non-hydrogen) atoms. The number of Topliss-reactive ketones (excluding diaryl/α,β-unsaturated/α-hetero) is 1. The Morgan fingerprint density at radius 2 is 2.35 bits per heavy atom. The molecule has 4 nitrogen and oxygen atoms in total. The number of nitrogens with zero attached hydrogens (tertiary/aromatic N) is 3. The van der Waals surface area contributed by atoms with Gasteiger partial charge in [-0.15, -0.1) is 0 Å². The first-order valence-electron chi connectivity index (χ1n) is 6.32. The first-order chi connectivity index (χ1) is 9.59. The van der Waals surface area contributed by atoms with Crippen LogP contribution in [0.3, 0.4) is 0 Å². The Hall–Kier alpha value is -2.12. The fourth-order valence-electron chi connectivity index (χ4n) is 3.00. The number of aromatic nitrogens is 2. The number of benzene rings is 1. The number of halogens is 1. The molecule has 2 aromatic rings. The van der Waals surface area contributed by atoms with Gasteiger partial charge in [0, 0.05) is 22.5 Å². The second kappa shape index (κ2) is 4.46.